The molecule has 0 atom stereocenters. The number of hydrogen-bond donors (Lipinski definition) is 2. The van der Waals surface area contributed by atoms with Gasteiger partial charge < -0.3 is 15.8 Å². The minimum atomic E-state index is -2.26. The highest BCUT2D eigenvalue weighted by Gasteiger charge is 2.21. The molecule has 2 aromatic carbocycles. The molecule has 7 heteroatoms. The van der Waals surface area contributed by atoms with E-state index in [1.54, 1.807) is 6.20 Å². The van der Waals surface area contributed by atoms with Crippen LogP contribution in [0.15, 0.2) is 54.7 Å². The molecule has 5 nitrogen and oxygen atoms in total. The molecule has 0 spiro atoms. The third-order valence-electron chi connectivity index (χ3n) is 5.73. The second-order valence-electron chi connectivity index (χ2n) is 8.00. The average Bonchev–Trinajstić information content (AvgIpc) is 2.78. The number of hydrogen-bond acceptors (Lipinski definition) is 5. The zero-order chi connectivity index (χ0) is 21.6. The average molecular weight is 427 g/mol. The molecule has 0 saturated carbocycles. The highest BCUT2D eigenvalue weighted by atomic mass is 19.3. The van der Waals surface area contributed by atoms with E-state index in [1.165, 1.54) is 5.56 Å². The number of pyridine rings is 1. The monoisotopic (exact) mass is 426 g/mol. The molecular weight excluding hydrogens is 398 g/mol. The van der Waals surface area contributed by atoms with Crippen molar-refractivity contribution in [2.45, 2.75) is 38.5 Å². The fourth-order valence-electron chi connectivity index (χ4n) is 3.94. The van der Waals surface area contributed by atoms with Crippen LogP contribution in [0.3, 0.4) is 0 Å². The lowest BCUT2D eigenvalue weighted by Gasteiger charge is -2.31. The van der Waals surface area contributed by atoms with Crippen molar-refractivity contribution in [1.82, 2.24) is 9.88 Å². The number of benzene rings is 2. The van der Waals surface area contributed by atoms with E-state index < -0.39 is 6.43 Å². The molecule has 1 saturated heterocycles. The van der Waals surface area contributed by atoms with Crippen molar-refractivity contribution < 1.29 is 13.5 Å². The molecule has 1 aromatic heterocycles. The van der Waals surface area contributed by atoms with E-state index in [9.17, 15) is 8.78 Å². The van der Waals surface area contributed by atoms with Gasteiger partial charge in [-0.15, -0.1) is 0 Å². The van der Waals surface area contributed by atoms with Gasteiger partial charge in [0.15, 0.2) is 0 Å². The summed E-state index contributed by atoms with van der Waals surface area (Å²) in [6.07, 6.45) is 1.22. The molecule has 164 valence electrons. The lowest BCUT2D eigenvalue weighted by Crippen LogP contribution is -2.39. The van der Waals surface area contributed by atoms with E-state index in [1.807, 2.05) is 23.1 Å². The Labute approximate surface area is 181 Å². The van der Waals surface area contributed by atoms with Crippen LogP contribution < -0.4 is 11.1 Å². The fraction of sp³-hybridized carbons (Fsp3) is 0.375. The number of alkyl halides is 2. The summed E-state index contributed by atoms with van der Waals surface area (Å²) >= 11 is 0. The molecule has 3 N–H and O–H groups in total. The van der Waals surface area contributed by atoms with Crippen molar-refractivity contribution in [2.24, 2.45) is 0 Å². The molecule has 31 heavy (non-hydrogen) atoms. The number of nitrogen functional groups attached to an aromatic ring is 1. The van der Waals surface area contributed by atoms with Crippen LogP contribution in [-0.4, -0.2) is 42.0 Å². The topological polar surface area (TPSA) is 63.4 Å². The number of fused-ring (bicyclic) bond motifs is 1. The van der Waals surface area contributed by atoms with E-state index >= 15 is 0 Å². The molecule has 0 aliphatic carbocycles. The number of ether oxygens (including phenoxy) is 1. The number of likely N-dealkylation sites (tertiary alicyclic amines) is 1. The summed E-state index contributed by atoms with van der Waals surface area (Å²) < 4.78 is 30.9. The van der Waals surface area contributed by atoms with Gasteiger partial charge in [-0.25, -0.2) is 13.8 Å². The number of nitrogens with two attached hydrogens (primary N) is 1. The van der Waals surface area contributed by atoms with E-state index in [0.29, 0.717) is 25.5 Å². The largest absolute Gasteiger partial charge is 0.383 e. The van der Waals surface area contributed by atoms with Gasteiger partial charge in [0, 0.05) is 36.9 Å². The molecule has 0 bridgehead atoms. The molecule has 3 aromatic rings. The van der Waals surface area contributed by atoms with Crippen molar-refractivity contribution in [3.05, 3.63) is 65.9 Å². The number of piperidine rings is 1. The van der Waals surface area contributed by atoms with Crippen molar-refractivity contribution in [3.8, 4) is 0 Å². The molecule has 0 unspecified atom stereocenters. The molecular formula is C24H28F2N4O. The second kappa shape index (κ2) is 10.0. The van der Waals surface area contributed by atoms with E-state index in [2.05, 4.69) is 40.6 Å². The van der Waals surface area contributed by atoms with Crippen LogP contribution in [0.2, 0.25) is 0 Å². The minimum Gasteiger partial charge on any atom is -0.383 e. The number of halogens is 2. The van der Waals surface area contributed by atoms with Crippen molar-refractivity contribution >= 4 is 22.3 Å². The maximum atomic E-state index is 12.5. The Hall–Kier alpha value is -2.77. The van der Waals surface area contributed by atoms with Gasteiger partial charge in [-0.1, -0.05) is 24.3 Å². The van der Waals surface area contributed by atoms with Gasteiger partial charge in [-0.2, -0.15) is 0 Å². The predicted octanol–water partition coefficient (Wildman–Crippen LogP) is 4.68. The summed E-state index contributed by atoms with van der Waals surface area (Å²) in [5.74, 6) is 0.542. The second-order valence-corrected chi connectivity index (χ2v) is 8.00. The number of nitrogens with one attached hydrogen (secondary N) is 1. The summed E-state index contributed by atoms with van der Waals surface area (Å²) in [6.45, 7) is 2.49. The fourth-order valence-corrected chi connectivity index (χ4v) is 3.94. The summed E-state index contributed by atoms with van der Waals surface area (Å²) in [5.41, 5.74) is 9.24. The maximum absolute atomic E-state index is 12.5. The third-order valence-corrected chi connectivity index (χ3v) is 5.73. The van der Waals surface area contributed by atoms with Crippen molar-refractivity contribution in [3.63, 3.8) is 0 Å². The first-order chi connectivity index (χ1) is 15.1. The van der Waals surface area contributed by atoms with Crippen LogP contribution in [0.5, 0.6) is 0 Å². The van der Waals surface area contributed by atoms with Crippen LogP contribution in [0.25, 0.3) is 10.8 Å². The summed E-state index contributed by atoms with van der Waals surface area (Å²) in [4.78, 5) is 5.93. The molecule has 1 aliphatic heterocycles. The van der Waals surface area contributed by atoms with Crippen LogP contribution in [-0.2, 0) is 17.9 Å². The van der Waals surface area contributed by atoms with Gasteiger partial charge in [0.2, 0.25) is 0 Å². The maximum Gasteiger partial charge on any atom is 0.251 e. The van der Waals surface area contributed by atoms with Crippen molar-refractivity contribution in [2.75, 3.05) is 30.7 Å². The SMILES string of the molecule is Nc1nccc2cc(NCc3ccc(COC4CCN(CC(F)F)CC4)cc3)ccc12. The highest BCUT2D eigenvalue weighted by Crippen LogP contribution is 2.23. The predicted molar refractivity (Wildman–Crippen MR) is 120 cm³/mol. The Bertz CT molecular complexity index is 989. The van der Waals surface area contributed by atoms with Crippen LogP contribution >= 0.6 is 0 Å². The van der Waals surface area contributed by atoms with E-state index in [-0.39, 0.29) is 12.6 Å². The third kappa shape index (κ3) is 5.89. The van der Waals surface area contributed by atoms with Gasteiger partial charge in [0.05, 0.1) is 19.3 Å². The lowest BCUT2D eigenvalue weighted by atomic mass is 10.1. The number of rotatable bonds is 8. The quantitative estimate of drug-likeness (QED) is 0.548. The summed E-state index contributed by atoms with van der Waals surface area (Å²) in [7, 11) is 0. The number of anilines is 2. The zero-order valence-electron chi connectivity index (χ0n) is 17.4. The van der Waals surface area contributed by atoms with Crippen molar-refractivity contribution in [1.29, 1.82) is 0 Å². The Morgan fingerprint density at radius 1 is 1.06 bits per heavy atom. The first kappa shape index (κ1) is 21.5. The number of nitrogens with zero attached hydrogens (tertiary/aromatic N) is 2. The standard InChI is InChI=1S/C24H28F2N4O/c25-23(26)15-30-11-8-21(9-12-30)31-16-18-3-1-17(2-4-18)14-29-20-5-6-22-19(13-20)7-10-28-24(22)27/h1-7,10,13,21,23,29H,8-9,11-12,14-16H2,(H2,27,28). The zero-order valence-corrected chi connectivity index (χ0v) is 17.4. The van der Waals surface area contributed by atoms with Gasteiger partial charge in [0.1, 0.15) is 5.82 Å². The minimum absolute atomic E-state index is 0.132. The summed E-state index contributed by atoms with van der Waals surface area (Å²) in [6, 6.07) is 16.4. The molecule has 1 aliphatic rings. The molecule has 0 amide bonds. The Morgan fingerprint density at radius 3 is 2.55 bits per heavy atom. The van der Waals surface area contributed by atoms with Crippen LogP contribution in [0.4, 0.5) is 20.3 Å². The highest BCUT2D eigenvalue weighted by molar-refractivity contribution is 5.92. The molecule has 2 heterocycles. The molecule has 1 fully saturated rings. The normalized spacial score (nSPS) is 15.6. The lowest BCUT2D eigenvalue weighted by molar-refractivity contribution is -0.0140. The summed E-state index contributed by atoms with van der Waals surface area (Å²) in [5, 5.41) is 5.46. The first-order valence-corrected chi connectivity index (χ1v) is 10.6. The molecule has 0 radical (unpaired) electrons. The Kier molecular flexibility index (Phi) is 6.94. The first-order valence-electron chi connectivity index (χ1n) is 10.6. The Morgan fingerprint density at radius 2 is 1.81 bits per heavy atom. The van der Waals surface area contributed by atoms with Gasteiger partial charge in [-0.3, -0.25) is 4.90 Å². The van der Waals surface area contributed by atoms with Gasteiger partial charge in [-0.05, 0) is 53.6 Å². The van der Waals surface area contributed by atoms with E-state index in [4.69, 9.17) is 10.5 Å². The smallest absolute Gasteiger partial charge is 0.251 e. The van der Waals surface area contributed by atoms with E-state index in [0.717, 1.165) is 41.4 Å². The van der Waals surface area contributed by atoms with Gasteiger partial charge in [0.25, 0.3) is 6.43 Å². The van der Waals surface area contributed by atoms with Gasteiger partial charge >= 0.3 is 0 Å². The Balaban J connectivity index is 1.23. The number of aromatic nitrogens is 1. The van der Waals surface area contributed by atoms with Crippen LogP contribution in [0, 0.1) is 0 Å². The van der Waals surface area contributed by atoms with Crippen LogP contribution in [0.1, 0.15) is 24.0 Å². The molecule has 4 rings (SSSR count).